The Labute approximate surface area is 85.8 Å². The van der Waals surface area contributed by atoms with Gasteiger partial charge in [-0.2, -0.15) is 0 Å². The molecule has 0 saturated heterocycles. The number of hydrogen-bond acceptors (Lipinski definition) is 2. The third-order valence-electron chi connectivity index (χ3n) is 2.26. The maximum Gasteiger partial charge on any atom is 0.0905 e. The normalized spacial score (nSPS) is 15.1. The fourth-order valence-corrected chi connectivity index (χ4v) is 1.28. The summed E-state index contributed by atoms with van der Waals surface area (Å²) >= 11 is 0. The van der Waals surface area contributed by atoms with E-state index in [0.29, 0.717) is 0 Å². The minimum absolute atomic E-state index is 0.00222. The number of rotatable bonds is 5. The zero-order valence-corrected chi connectivity index (χ0v) is 8.94. The third-order valence-corrected chi connectivity index (χ3v) is 2.26. The molecule has 2 unspecified atom stereocenters. The molecule has 0 aromatic heterocycles. The second-order valence-electron chi connectivity index (χ2n) is 3.22. The fourth-order valence-electron chi connectivity index (χ4n) is 1.28. The summed E-state index contributed by atoms with van der Waals surface area (Å²) < 4.78 is 10.5. The Hall–Kier alpha value is -0.860. The van der Waals surface area contributed by atoms with Gasteiger partial charge in [0.15, 0.2) is 0 Å². The highest BCUT2D eigenvalue weighted by Crippen LogP contribution is 2.12. The van der Waals surface area contributed by atoms with Crippen LogP contribution in [0.2, 0.25) is 0 Å². The first kappa shape index (κ1) is 11.2. The summed E-state index contributed by atoms with van der Waals surface area (Å²) in [5.74, 6) is 0. The molecule has 1 aromatic carbocycles. The lowest BCUT2D eigenvalue weighted by molar-refractivity contribution is -0.00709. The average molecular weight is 193 g/mol. The molecule has 2 atom stereocenters. The van der Waals surface area contributed by atoms with Crippen LogP contribution in [0.3, 0.4) is 0 Å². The van der Waals surface area contributed by atoms with E-state index in [1.54, 1.807) is 14.2 Å². The third kappa shape index (κ3) is 3.13. The van der Waals surface area contributed by atoms with E-state index in [4.69, 9.17) is 9.47 Å². The van der Waals surface area contributed by atoms with Crippen molar-refractivity contribution in [1.29, 1.82) is 0 Å². The summed E-state index contributed by atoms with van der Waals surface area (Å²) in [5, 5.41) is 0. The van der Waals surface area contributed by atoms with Crippen LogP contribution in [-0.4, -0.2) is 26.4 Å². The van der Waals surface area contributed by atoms with Crippen molar-refractivity contribution in [2.75, 3.05) is 14.2 Å². The Kier molecular flexibility index (Phi) is 4.63. The molecule has 2 heteroatoms. The number of hydrogen-bond donors (Lipinski definition) is 0. The van der Waals surface area contributed by atoms with Crippen LogP contribution in [0, 0.1) is 6.42 Å². The molecular formula is C12H17O2. The van der Waals surface area contributed by atoms with Gasteiger partial charge >= 0.3 is 0 Å². The lowest BCUT2D eigenvalue weighted by Crippen LogP contribution is -2.27. The van der Waals surface area contributed by atoms with E-state index in [2.05, 4.69) is 18.6 Å². The Bertz CT molecular complexity index is 246. The Morgan fingerprint density at radius 1 is 1.07 bits per heavy atom. The summed E-state index contributed by atoms with van der Waals surface area (Å²) in [6.07, 6.45) is 2.14. The number of ether oxygens (including phenoxy) is 2. The molecule has 2 nitrogen and oxygen atoms in total. The lowest BCUT2D eigenvalue weighted by atomic mass is 10.0. The maximum absolute atomic E-state index is 5.33. The van der Waals surface area contributed by atoms with Gasteiger partial charge in [-0.1, -0.05) is 30.3 Å². The summed E-state index contributed by atoms with van der Waals surface area (Å²) in [6, 6.07) is 10.1. The van der Waals surface area contributed by atoms with E-state index in [1.807, 2.05) is 25.1 Å². The molecule has 0 aliphatic rings. The zero-order valence-electron chi connectivity index (χ0n) is 8.94. The second-order valence-corrected chi connectivity index (χ2v) is 3.22. The second kappa shape index (κ2) is 5.78. The Morgan fingerprint density at radius 3 is 2.21 bits per heavy atom. The maximum atomic E-state index is 5.33. The van der Waals surface area contributed by atoms with Crippen molar-refractivity contribution in [3.63, 3.8) is 0 Å². The van der Waals surface area contributed by atoms with Crippen LogP contribution >= 0.6 is 0 Å². The molecular weight excluding hydrogens is 176 g/mol. The van der Waals surface area contributed by atoms with Crippen molar-refractivity contribution in [2.24, 2.45) is 0 Å². The van der Waals surface area contributed by atoms with E-state index < -0.39 is 0 Å². The van der Waals surface area contributed by atoms with E-state index in [9.17, 15) is 0 Å². The molecule has 1 aromatic rings. The number of benzene rings is 1. The van der Waals surface area contributed by atoms with Gasteiger partial charge in [0, 0.05) is 20.6 Å². The van der Waals surface area contributed by atoms with E-state index >= 15 is 0 Å². The SMILES string of the molecule is COC(C)C([CH]c1ccccc1)OC. The highest BCUT2D eigenvalue weighted by molar-refractivity contribution is 5.24. The van der Waals surface area contributed by atoms with Crippen LogP contribution in [0.15, 0.2) is 30.3 Å². The van der Waals surface area contributed by atoms with Crippen molar-refractivity contribution in [2.45, 2.75) is 19.1 Å². The minimum Gasteiger partial charge on any atom is -0.379 e. The van der Waals surface area contributed by atoms with Crippen molar-refractivity contribution < 1.29 is 9.47 Å². The molecule has 0 aliphatic heterocycles. The molecule has 0 heterocycles. The topological polar surface area (TPSA) is 18.5 Å². The predicted octanol–water partition coefficient (Wildman–Crippen LogP) is 2.29. The summed E-state index contributed by atoms with van der Waals surface area (Å²) in [5.41, 5.74) is 1.16. The quantitative estimate of drug-likeness (QED) is 0.714. The molecule has 0 spiro atoms. The summed E-state index contributed by atoms with van der Waals surface area (Å²) in [4.78, 5) is 0. The first-order valence-electron chi connectivity index (χ1n) is 4.73. The molecule has 1 rings (SSSR count). The van der Waals surface area contributed by atoms with Gasteiger partial charge in [-0.3, -0.25) is 0 Å². The predicted molar refractivity (Wildman–Crippen MR) is 57.1 cm³/mol. The molecule has 1 radical (unpaired) electrons. The van der Waals surface area contributed by atoms with Crippen molar-refractivity contribution in [3.05, 3.63) is 42.3 Å². The minimum atomic E-state index is 0.00222. The van der Waals surface area contributed by atoms with Gasteiger partial charge in [0.25, 0.3) is 0 Å². The van der Waals surface area contributed by atoms with Gasteiger partial charge in [-0.25, -0.2) is 0 Å². The average Bonchev–Trinajstić information content (AvgIpc) is 2.26. The van der Waals surface area contributed by atoms with Crippen LogP contribution in [0.4, 0.5) is 0 Å². The smallest absolute Gasteiger partial charge is 0.0905 e. The van der Waals surface area contributed by atoms with Crippen molar-refractivity contribution >= 4 is 0 Å². The number of methoxy groups -OCH3 is 2. The van der Waals surface area contributed by atoms with Crippen molar-refractivity contribution in [3.8, 4) is 0 Å². The first-order valence-corrected chi connectivity index (χ1v) is 4.73. The van der Waals surface area contributed by atoms with Gasteiger partial charge in [0.05, 0.1) is 12.2 Å². The van der Waals surface area contributed by atoms with Gasteiger partial charge < -0.3 is 9.47 Å². The standard InChI is InChI=1S/C12H17O2/c1-10(13-2)12(14-3)9-11-7-5-4-6-8-11/h4-10,12H,1-3H3. The van der Waals surface area contributed by atoms with Crippen molar-refractivity contribution in [1.82, 2.24) is 0 Å². The van der Waals surface area contributed by atoms with Crippen LogP contribution < -0.4 is 0 Å². The highest BCUT2D eigenvalue weighted by atomic mass is 16.5. The first-order chi connectivity index (χ1) is 6.77. The molecule has 0 saturated carbocycles. The monoisotopic (exact) mass is 193 g/mol. The Morgan fingerprint density at radius 2 is 1.71 bits per heavy atom. The lowest BCUT2D eigenvalue weighted by Gasteiger charge is -2.20. The molecule has 14 heavy (non-hydrogen) atoms. The van der Waals surface area contributed by atoms with Crippen LogP contribution in [0.5, 0.6) is 0 Å². The zero-order chi connectivity index (χ0) is 10.4. The van der Waals surface area contributed by atoms with E-state index in [1.165, 1.54) is 0 Å². The molecule has 0 N–H and O–H groups in total. The van der Waals surface area contributed by atoms with E-state index in [0.717, 1.165) is 5.56 Å². The van der Waals surface area contributed by atoms with Crippen LogP contribution in [0.1, 0.15) is 12.5 Å². The van der Waals surface area contributed by atoms with Gasteiger partial charge in [0.1, 0.15) is 0 Å². The van der Waals surface area contributed by atoms with Crippen LogP contribution in [0.25, 0.3) is 0 Å². The van der Waals surface area contributed by atoms with Gasteiger partial charge in [0.2, 0.25) is 0 Å². The molecule has 77 valence electrons. The van der Waals surface area contributed by atoms with Gasteiger partial charge in [-0.05, 0) is 12.5 Å². The highest BCUT2D eigenvalue weighted by Gasteiger charge is 2.16. The molecule has 0 bridgehead atoms. The molecule has 0 amide bonds. The Balaban J connectivity index is 2.57. The summed E-state index contributed by atoms with van der Waals surface area (Å²) in [7, 11) is 3.38. The van der Waals surface area contributed by atoms with E-state index in [-0.39, 0.29) is 12.2 Å². The molecule has 0 fully saturated rings. The van der Waals surface area contributed by atoms with Gasteiger partial charge in [-0.15, -0.1) is 0 Å². The largest absolute Gasteiger partial charge is 0.379 e. The fraction of sp³-hybridized carbons (Fsp3) is 0.417. The summed E-state index contributed by atoms with van der Waals surface area (Å²) in [6.45, 7) is 1.99. The molecule has 0 aliphatic carbocycles. The van der Waals surface area contributed by atoms with Crippen LogP contribution in [-0.2, 0) is 9.47 Å².